The summed E-state index contributed by atoms with van der Waals surface area (Å²) < 4.78 is 1.71. The van der Waals surface area contributed by atoms with E-state index in [0.717, 1.165) is 28.2 Å². The SMILES string of the molecule is CC(C)C(c1cc2cc(CC(=O)O)ccc2[nH]1)n1cc(C=CC(=O)NO)nn1. The summed E-state index contributed by atoms with van der Waals surface area (Å²) in [7, 11) is 0. The maximum absolute atomic E-state index is 11.1. The van der Waals surface area contributed by atoms with E-state index in [0.29, 0.717) is 5.69 Å². The summed E-state index contributed by atoms with van der Waals surface area (Å²) in [4.78, 5) is 25.4. The third-order valence-corrected chi connectivity index (χ3v) is 4.34. The Balaban J connectivity index is 1.92. The van der Waals surface area contributed by atoms with Crippen molar-refractivity contribution < 1.29 is 19.9 Å². The van der Waals surface area contributed by atoms with Crippen LogP contribution < -0.4 is 5.48 Å². The average molecular weight is 383 g/mol. The molecule has 0 saturated carbocycles. The van der Waals surface area contributed by atoms with Gasteiger partial charge in [-0.1, -0.05) is 25.1 Å². The van der Waals surface area contributed by atoms with E-state index >= 15 is 0 Å². The molecular formula is C19H21N5O4. The van der Waals surface area contributed by atoms with E-state index in [1.807, 2.05) is 18.2 Å². The Kier molecular flexibility index (Phi) is 5.55. The molecule has 0 aliphatic rings. The molecule has 1 atom stereocenters. The lowest BCUT2D eigenvalue weighted by Crippen LogP contribution is -2.17. The normalized spacial score (nSPS) is 12.7. The zero-order valence-electron chi connectivity index (χ0n) is 15.5. The van der Waals surface area contributed by atoms with Gasteiger partial charge in [0.05, 0.1) is 18.7 Å². The molecule has 9 heteroatoms. The van der Waals surface area contributed by atoms with Crippen LogP contribution in [0.15, 0.2) is 36.5 Å². The largest absolute Gasteiger partial charge is 0.481 e. The number of hydrogen-bond donors (Lipinski definition) is 4. The Morgan fingerprint density at radius 1 is 1.32 bits per heavy atom. The zero-order chi connectivity index (χ0) is 20.3. The fraction of sp³-hybridized carbons (Fsp3) is 0.263. The van der Waals surface area contributed by atoms with E-state index in [-0.39, 0.29) is 18.4 Å². The number of carbonyl (C=O) groups is 2. The Morgan fingerprint density at radius 2 is 2.11 bits per heavy atom. The minimum atomic E-state index is -0.867. The second kappa shape index (κ2) is 8.05. The van der Waals surface area contributed by atoms with Crippen LogP contribution in [0, 0.1) is 5.92 Å². The number of H-pyrrole nitrogens is 1. The third-order valence-electron chi connectivity index (χ3n) is 4.34. The maximum atomic E-state index is 11.1. The number of nitrogens with one attached hydrogen (secondary N) is 2. The van der Waals surface area contributed by atoms with Gasteiger partial charge in [0.15, 0.2) is 0 Å². The predicted molar refractivity (Wildman–Crippen MR) is 102 cm³/mol. The lowest BCUT2D eigenvalue weighted by molar-refractivity contribution is -0.136. The molecule has 1 unspecified atom stereocenters. The van der Waals surface area contributed by atoms with Crippen molar-refractivity contribution in [3.63, 3.8) is 0 Å². The van der Waals surface area contributed by atoms with Gasteiger partial charge in [0.1, 0.15) is 5.69 Å². The minimum absolute atomic E-state index is 0.0236. The molecule has 3 aromatic rings. The third kappa shape index (κ3) is 4.26. The monoisotopic (exact) mass is 383 g/mol. The van der Waals surface area contributed by atoms with Crippen molar-refractivity contribution in [2.75, 3.05) is 0 Å². The molecule has 28 heavy (non-hydrogen) atoms. The molecule has 0 aliphatic heterocycles. The van der Waals surface area contributed by atoms with Crippen LogP contribution in [0.2, 0.25) is 0 Å². The quantitative estimate of drug-likeness (QED) is 0.281. The van der Waals surface area contributed by atoms with Gasteiger partial charge in [-0.05, 0) is 35.8 Å². The van der Waals surface area contributed by atoms with Crippen molar-refractivity contribution in [1.82, 2.24) is 25.5 Å². The maximum Gasteiger partial charge on any atom is 0.307 e. The molecule has 0 saturated heterocycles. The highest BCUT2D eigenvalue weighted by atomic mass is 16.5. The number of aliphatic carboxylic acids is 1. The lowest BCUT2D eigenvalue weighted by Gasteiger charge is -2.19. The lowest BCUT2D eigenvalue weighted by atomic mass is 10.0. The van der Waals surface area contributed by atoms with Crippen molar-refractivity contribution in [3.8, 4) is 0 Å². The Labute approximate surface area is 160 Å². The van der Waals surface area contributed by atoms with E-state index in [1.54, 1.807) is 16.9 Å². The standard InChI is InChI=1S/C19H21N5O4/c1-11(2)19(24-10-14(21-23-24)4-6-17(25)22-28)16-9-13-7-12(8-18(26)27)3-5-15(13)20-16/h3-7,9-11,19-20,28H,8H2,1-2H3,(H,22,25)(H,26,27). The molecule has 9 nitrogen and oxygen atoms in total. The zero-order valence-corrected chi connectivity index (χ0v) is 15.5. The first-order valence-corrected chi connectivity index (χ1v) is 8.74. The predicted octanol–water partition coefficient (Wildman–Crippen LogP) is 2.15. The van der Waals surface area contributed by atoms with Gasteiger partial charge in [0.2, 0.25) is 0 Å². The van der Waals surface area contributed by atoms with Crippen LogP contribution in [0.5, 0.6) is 0 Å². The fourth-order valence-electron chi connectivity index (χ4n) is 3.16. The molecule has 1 amide bonds. The second-order valence-corrected chi connectivity index (χ2v) is 6.84. The molecule has 0 fully saturated rings. The van der Waals surface area contributed by atoms with Crippen molar-refractivity contribution >= 4 is 28.9 Å². The molecule has 146 valence electrons. The molecule has 1 aromatic carbocycles. The number of carboxylic acids is 1. The molecule has 2 heterocycles. The summed E-state index contributed by atoms with van der Waals surface area (Å²) in [5.41, 5.74) is 4.57. The number of nitrogens with zero attached hydrogens (tertiary/aromatic N) is 3. The Bertz CT molecular complexity index is 1030. The van der Waals surface area contributed by atoms with Gasteiger partial charge in [0, 0.05) is 22.7 Å². The van der Waals surface area contributed by atoms with Crippen LogP contribution in [-0.4, -0.2) is 42.2 Å². The highest BCUT2D eigenvalue weighted by molar-refractivity contribution is 5.90. The molecule has 0 radical (unpaired) electrons. The van der Waals surface area contributed by atoms with Gasteiger partial charge in [-0.15, -0.1) is 5.10 Å². The van der Waals surface area contributed by atoms with Crippen LogP contribution >= 0.6 is 0 Å². The number of aromatic nitrogens is 4. The first-order valence-electron chi connectivity index (χ1n) is 8.74. The van der Waals surface area contributed by atoms with Gasteiger partial charge in [0.25, 0.3) is 5.91 Å². The summed E-state index contributed by atoms with van der Waals surface area (Å²) in [6, 6.07) is 7.39. The molecule has 4 N–H and O–H groups in total. The number of hydrogen-bond acceptors (Lipinski definition) is 5. The van der Waals surface area contributed by atoms with Crippen molar-refractivity contribution in [3.05, 3.63) is 53.5 Å². The van der Waals surface area contributed by atoms with E-state index in [2.05, 4.69) is 29.1 Å². The van der Waals surface area contributed by atoms with Crippen molar-refractivity contribution in [1.29, 1.82) is 0 Å². The van der Waals surface area contributed by atoms with Crippen molar-refractivity contribution in [2.45, 2.75) is 26.3 Å². The van der Waals surface area contributed by atoms with Gasteiger partial charge in [-0.2, -0.15) is 0 Å². The number of aromatic amines is 1. The number of amides is 1. The van der Waals surface area contributed by atoms with Crippen LogP contribution in [0.25, 0.3) is 17.0 Å². The number of carboxylic acid groups (broad SMARTS) is 1. The number of benzene rings is 1. The van der Waals surface area contributed by atoms with Crippen LogP contribution in [-0.2, 0) is 16.0 Å². The number of fused-ring (bicyclic) bond motifs is 1. The highest BCUT2D eigenvalue weighted by Gasteiger charge is 2.21. The molecular weight excluding hydrogens is 362 g/mol. The molecule has 3 rings (SSSR count). The number of rotatable bonds is 7. The molecule has 0 bridgehead atoms. The van der Waals surface area contributed by atoms with Crippen molar-refractivity contribution in [2.24, 2.45) is 5.92 Å². The smallest absolute Gasteiger partial charge is 0.307 e. The van der Waals surface area contributed by atoms with Gasteiger partial charge >= 0.3 is 5.97 Å². The number of hydroxylamine groups is 1. The highest BCUT2D eigenvalue weighted by Crippen LogP contribution is 2.29. The summed E-state index contributed by atoms with van der Waals surface area (Å²) in [5.74, 6) is -1.33. The minimum Gasteiger partial charge on any atom is -0.481 e. The van der Waals surface area contributed by atoms with E-state index < -0.39 is 11.9 Å². The first-order chi connectivity index (χ1) is 13.4. The van der Waals surface area contributed by atoms with Gasteiger partial charge < -0.3 is 10.1 Å². The van der Waals surface area contributed by atoms with E-state index in [1.165, 1.54) is 11.6 Å². The Morgan fingerprint density at radius 3 is 2.79 bits per heavy atom. The van der Waals surface area contributed by atoms with Crippen LogP contribution in [0.3, 0.4) is 0 Å². The topological polar surface area (TPSA) is 133 Å². The van der Waals surface area contributed by atoms with Crippen LogP contribution in [0.4, 0.5) is 0 Å². The Hall–Kier alpha value is -3.46. The summed E-state index contributed by atoms with van der Waals surface area (Å²) in [5, 5.41) is 26.7. The summed E-state index contributed by atoms with van der Waals surface area (Å²) in [6.07, 6.45) is 4.30. The molecule has 0 spiro atoms. The van der Waals surface area contributed by atoms with E-state index in [9.17, 15) is 9.59 Å². The number of carbonyl (C=O) groups excluding carboxylic acids is 1. The van der Waals surface area contributed by atoms with E-state index in [4.69, 9.17) is 10.3 Å². The molecule has 2 aromatic heterocycles. The second-order valence-electron chi connectivity index (χ2n) is 6.84. The summed E-state index contributed by atoms with van der Waals surface area (Å²) in [6.45, 7) is 4.12. The summed E-state index contributed by atoms with van der Waals surface area (Å²) >= 11 is 0. The van der Waals surface area contributed by atoms with Gasteiger partial charge in [-0.3, -0.25) is 14.8 Å². The van der Waals surface area contributed by atoms with Crippen LogP contribution in [0.1, 0.15) is 36.8 Å². The van der Waals surface area contributed by atoms with Gasteiger partial charge in [-0.25, -0.2) is 10.2 Å². The first kappa shape index (κ1) is 19.3. The average Bonchev–Trinajstić information content (AvgIpc) is 3.25. The fourth-order valence-corrected chi connectivity index (χ4v) is 3.16. The molecule has 0 aliphatic carbocycles.